The van der Waals surface area contributed by atoms with E-state index in [4.69, 9.17) is 9.47 Å². The smallest absolute Gasteiger partial charge is 0.246 e. The number of rotatable bonds is 10. The first-order chi connectivity index (χ1) is 16.8. The number of anilines is 1. The molecule has 3 rings (SSSR count). The Morgan fingerprint density at radius 3 is 2.03 bits per heavy atom. The lowest BCUT2D eigenvalue weighted by atomic mass is 10.1. The fourth-order valence-electron chi connectivity index (χ4n) is 3.40. The summed E-state index contributed by atoms with van der Waals surface area (Å²) in [6.07, 6.45) is 0. The molecule has 0 aliphatic heterocycles. The van der Waals surface area contributed by atoms with E-state index in [9.17, 15) is 9.59 Å². The maximum Gasteiger partial charge on any atom is 0.246 e. The summed E-state index contributed by atoms with van der Waals surface area (Å²) in [7, 11) is 3.18. The summed E-state index contributed by atoms with van der Waals surface area (Å²) in [5, 5.41) is 3.42. The number of carbonyl (C=O) groups excluding carboxylic acids is 2. The molecular weight excluding hydrogens is 464 g/mol. The number of carbonyl (C=O) groups is 2. The Hall–Kier alpha value is -3.59. The van der Waals surface area contributed by atoms with Crippen molar-refractivity contribution in [3.63, 3.8) is 0 Å². The van der Waals surface area contributed by atoms with Crippen LogP contribution in [0.3, 0.4) is 0 Å². The van der Waals surface area contributed by atoms with Crippen LogP contribution in [0.25, 0.3) is 0 Å². The molecule has 1 N–H and O–H groups in total. The van der Waals surface area contributed by atoms with Gasteiger partial charge in [-0.1, -0.05) is 23.9 Å². The number of aromatic nitrogens is 2. The highest BCUT2D eigenvalue weighted by atomic mass is 32.2. The predicted octanol–water partition coefficient (Wildman–Crippen LogP) is 4.26. The minimum atomic E-state index is -0.715. The van der Waals surface area contributed by atoms with Crippen molar-refractivity contribution < 1.29 is 19.1 Å². The standard InChI is InChI=1S/C26H30N4O4S/c1-17-14-18(2)28-26(27-17)35-16-24(31)30(15-20-6-10-22(33-4)11-7-20)19(3)25(32)29-21-8-12-23(34-5)13-9-21/h6-14,19H,15-16H2,1-5H3,(H,29,32). The van der Waals surface area contributed by atoms with Gasteiger partial charge < -0.3 is 19.7 Å². The Balaban J connectivity index is 1.76. The molecule has 35 heavy (non-hydrogen) atoms. The van der Waals surface area contributed by atoms with Crippen LogP contribution in [0.4, 0.5) is 5.69 Å². The summed E-state index contributed by atoms with van der Waals surface area (Å²) < 4.78 is 10.4. The van der Waals surface area contributed by atoms with E-state index in [0.717, 1.165) is 22.7 Å². The molecule has 2 aromatic carbocycles. The van der Waals surface area contributed by atoms with Crippen LogP contribution in [-0.4, -0.2) is 52.7 Å². The Kier molecular flexibility index (Phi) is 9.08. The first-order valence-electron chi connectivity index (χ1n) is 11.1. The van der Waals surface area contributed by atoms with Gasteiger partial charge in [-0.25, -0.2) is 9.97 Å². The normalized spacial score (nSPS) is 11.5. The van der Waals surface area contributed by atoms with Crippen molar-refractivity contribution in [1.29, 1.82) is 0 Å². The van der Waals surface area contributed by atoms with Crippen molar-refractivity contribution >= 4 is 29.3 Å². The number of nitrogens with zero attached hydrogens (tertiary/aromatic N) is 3. The molecule has 0 aliphatic rings. The molecule has 0 saturated carbocycles. The van der Waals surface area contributed by atoms with Crippen LogP contribution in [-0.2, 0) is 16.1 Å². The molecule has 0 bridgehead atoms. The van der Waals surface area contributed by atoms with Gasteiger partial charge >= 0.3 is 0 Å². The van der Waals surface area contributed by atoms with Crippen LogP contribution in [0.5, 0.6) is 11.5 Å². The summed E-state index contributed by atoms with van der Waals surface area (Å²) in [4.78, 5) is 36.8. The molecule has 2 amide bonds. The second-order valence-electron chi connectivity index (χ2n) is 7.99. The third-order valence-corrected chi connectivity index (χ3v) is 6.16. The average Bonchev–Trinajstić information content (AvgIpc) is 2.85. The Morgan fingerprint density at radius 1 is 0.943 bits per heavy atom. The van der Waals surface area contributed by atoms with Gasteiger partial charge in [0.25, 0.3) is 0 Å². The highest BCUT2D eigenvalue weighted by Gasteiger charge is 2.26. The highest BCUT2D eigenvalue weighted by Crippen LogP contribution is 2.20. The number of hydrogen-bond acceptors (Lipinski definition) is 7. The lowest BCUT2D eigenvalue weighted by Gasteiger charge is -2.28. The zero-order valence-corrected chi connectivity index (χ0v) is 21.4. The molecule has 3 aromatic rings. The summed E-state index contributed by atoms with van der Waals surface area (Å²) in [6, 6.07) is 15.6. The fourth-order valence-corrected chi connectivity index (χ4v) is 4.23. The molecule has 0 saturated heterocycles. The fraction of sp³-hybridized carbons (Fsp3) is 0.308. The van der Waals surface area contributed by atoms with Gasteiger partial charge in [0.05, 0.1) is 20.0 Å². The van der Waals surface area contributed by atoms with Crippen LogP contribution in [0.2, 0.25) is 0 Å². The Labute approximate surface area is 210 Å². The molecule has 8 nitrogen and oxygen atoms in total. The monoisotopic (exact) mass is 494 g/mol. The molecule has 1 heterocycles. The largest absolute Gasteiger partial charge is 0.497 e. The molecule has 0 radical (unpaired) electrons. The topological polar surface area (TPSA) is 93.7 Å². The van der Waals surface area contributed by atoms with Crippen LogP contribution in [0.1, 0.15) is 23.9 Å². The number of amides is 2. The van der Waals surface area contributed by atoms with Gasteiger partial charge in [-0.05, 0) is 68.8 Å². The molecular formula is C26H30N4O4S. The molecule has 1 atom stereocenters. The number of hydrogen-bond donors (Lipinski definition) is 1. The van der Waals surface area contributed by atoms with Gasteiger partial charge in [-0.15, -0.1) is 0 Å². The summed E-state index contributed by atoms with van der Waals surface area (Å²) in [6.45, 7) is 5.77. The minimum absolute atomic E-state index is 0.110. The van der Waals surface area contributed by atoms with Gasteiger partial charge in [0.1, 0.15) is 17.5 Å². The molecule has 0 fully saturated rings. The third kappa shape index (κ3) is 7.45. The highest BCUT2D eigenvalue weighted by molar-refractivity contribution is 7.99. The molecule has 184 valence electrons. The first-order valence-corrected chi connectivity index (χ1v) is 12.1. The van der Waals surface area contributed by atoms with Crippen molar-refractivity contribution in [1.82, 2.24) is 14.9 Å². The van der Waals surface area contributed by atoms with E-state index in [1.807, 2.05) is 44.2 Å². The Bertz CT molecular complexity index is 1130. The van der Waals surface area contributed by atoms with Crippen LogP contribution in [0, 0.1) is 13.8 Å². The van der Waals surface area contributed by atoms with Crippen molar-refractivity contribution in [2.24, 2.45) is 0 Å². The summed E-state index contributed by atoms with van der Waals surface area (Å²) >= 11 is 1.26. The van der Waals surface area contributed by atoms with Gasteiger partial charge in [0.15, 0.2) is 5.16 Å². The molecule has 9 heteroatoms. The van der Waals surface area contributed by atoms with Gasteiger partial charge in [0, 0.05) is 23.6 Å². The van der Waals surface area contributed by atoms with Crippen molar-refractivity contribution in [3.05, 3.63) is 71.5 Å². The van der Waals surface area contributed by atoms with Crippen LogP contribution < -0.4 is 14.8 Å². The van der Waals surface area contributed by atoms with Crippen LogP contribution in [0.15, 0.2) is 59.8 Å². The lowest BCUT2D eigenvalue weighted by molar-refractivity contribution is -0.136. The quantitative estimate of drug-likeness (QED) is 0.332. The second-order valence-corrected chi connectivity index (χ2v) is 8.93. The SMILES string of the molecule is COc1ccc(CN(C(=O)CSc2nc(C)cc(C)n2)C(C)C(=O)Nc2ccc(OC)cc2)cc1. The van der Waals surface area contributed by atoms with E-state index < -0.39 is 6.04 Å². The van der Waals surface area contributed by atoms with E-state index >= 15 is 0 Å². The van der Waals surface area contributed by atoms with Gasteiger partial charge in [-0.3, -0.25) is 9.59 Å². The van der Waals surface area contributed by atoms with E-state index in [2.05, 4.69) is 15.3 Å². The maximum atomic E-state index is 13.3. The van der Waals surface area contributed by atoms with E-state index in [-0.39, 0.29) is 24.1 Å². The number of aryl methyl sites for hydroxylation is 2. The average molecular weight is 495 g/mol. The van der Waals surface area contributed by atoms with E-state index in [0.29, 0.717) is 16.6 Å². The zero-order valence-electron chi connectivity index (χ0n) is 20.6. The van der Waals surface area contributed by atoms with Crippen LogP contribution >= 0.6 is 11.8 Å². The van der Waals surface area contributed by atoms with Crippen molar-refractivity contribution in [2.75, 3.05) is 25.3 Å². The number of ether oxygens (including phenoxy) is 2. The van der Waals surface area contributed by atoms with Crippen molar-refractivity contribution in [3.8, 4) is 11.5 Å². The van der Waals surface area contributed by atoms with Crippen molar-refractivity contribution in [2.45, 2.75) is 38.5 Å². The molecule has 1 unspecified atom stereocenters. The Morgan fingerprint density at radius 2 is 1.49 bits per heavy atom. The zero-order chi connectivity index (χ0) is 25.4. The maximum absolute atomic E-state index is 13.3. The second kappa shape index (κ2) is 12.2. The van der Waals surface area contributed by atoms with Gasteiger partial charge in [-0.2, -0.15) is 0 Å². The van der Waals surface area contributed by atoms with Gasteiger partial charge in [0.2, 0.25) is 11.8 Å². The third-order valence-electron chi connectivity index (χ3n) is 5.32. The predicted molar refractivity (Wildman–Crippen MR) is 137 cm³/mol. The van der Waals surface area contributed by atoms with E-state index in [1.165, 1.54) is 11.8 Å². The number of benzene rings is 2. The minimum Gasteiger partial charge on any atom is -0.497 e. The summed E-state index contributed by atoms with van der Waals surface area (Å²) in [5.41, 5.74) is 3.19. The van der Waals surface area contributed by atoms with E-state index in [1.54, 1.807) is 50.3 Å². The summed E-state index contributed by atoms with van der Waals surface area (Å²) in [5.74, 6) is 1.05. The molecule has 1 aromatic heterocycles. The lowest BCUT2D eigenvalue weighted by Crippen LogP contribution is -2.46. The molecule has 0 aliphatic carbocycles. The number of methoxy groups -OCH3 is 2. The number of nitrogens with one attached hydrogen (secondary N) is 1. The number of thioether (sulfide) groups is 1. The molecule has 0 spiro atoms. The first kappa shape index (κ1) is 26.0.